The summed E-state index contributed by atoms with van der Waals surface area (Å²) in [5.74, 6) is -0.502. The Kier molecular flexibility index (Phi) is 6.42. The fourth-order valence-corrected chi connectivity index (χ4v) is 3.53. The lowest BCUT2D eigenvalue weighted by Crippen LogP contribution is -2.28. The van der Waals surface area contributed by atoms with Crippen LogP contribution >= 0.6 is 0 Å². The number of anilines is 1. The largest absolute Gasteiger partial charge is 0.345 e. The summed E-state index contributed by atoms with van der Waals surface area (Å²) in [6.45, 7) is 1.93. The van der Waals surface area contributed by atoms with Gasteiger partial charge in [-0.3, -0.25) is 9.59 Å². The molecule has 4 nitrogen and oxygen atoms in total. The van der Waals surface area contributed by atoms with Gasteiger partial charge >= 0.3 is 0 Å². The summed E-state index contributed by atoms with van der Waals surface area (Å²) < 4.78 is 0. The zero-order valence-electron chi connectivity index (χ0n) is 17.8. The molecule has 4 aromatic carbocycles. The van der Waals surface area contributed by atoms with E-state index in [1.807, 2.05) is 79.7 Å². The Balaban J connectivity index is 1.48. The molecule has 32 heavy (non-hydrogen) atoms. The topological polar surface area (TPSA) is 58.2 Å². The van der Waals surface area contributed by atoms with Gasteiger partial charge in [-0.25, -0.2) is 0 Å². The second-order valence-electron chi connectivity index (χ2n) is 7.55. The normalized spacial score (nSPS) is 11.4. The monoisotopic (exact) mass is 420 g/mol. The summed E-state index contributed by atoms with van der Waals surface area (Å²) >= 11 is 0. The van der Waals surface area contributed by atoms with Crippen LogP contribution in [0.15, 0.2) is 109 Å². The SMILES string of the molecule is C[C@@H](NC(=O)c1ccccc1NC(=O)c1ccc(-c2ccccc2)cc1)c1ccccc1. The summed E-state index contributed by atoms with van der Waals surface area (Å²) in [7, 11) is 0. The summed E-state index contributed by atoms with van der Waals surface area (Å²) in [5.41, 5.74) is 4.57. The summed E-state index contributed by atoms with van der Waals surface area (Å²) in [4.78, 5) is 25.7. The maximum absolute atomic E-state index is 12.9. The molecule has 0 radical (unpaired) electrons. The van der Waals surface area contributed by atoms with Crippen molar-refractivity contribution in [2.24, 2.45) is 0 Å². The molecule has 4 heteroatoms. The molecule has 0 aromatic heterocycles. The fraction of sp³-hybridized carbons (Fsp3) is 0.0714. The molecule has 0 unspecified atom stereocenters. The molecule has 2 amide bonds. The van der Waals surface area contributed by atoms with E-state index in [1.54, 1.807) is 36.4 Å². The lowest BCUT2D eigenvalue weighted by atomic mass is 10.0. The first kappa shape index (κ1) is 21.1. The van der Waals surface area contributed by atoms with Crippen LogP contribution in [0, 0.1) is 0 Å². The van der Waals surface area contributed by atoms with Crippen molar-refractivity contribution in [2.45, 2.75) is 13.0 Å². The molecule has 0 saturated carbocycles. The fourth-order valence-electron chi connectivity index (χ4n) is 3.53. The average Bonchev–Trinajstić information content (AvgIpc) is 2.85. The minimum absolute atomic E-state index is 0.155. The number of carbonyl (C=O) groups excluding carboxylic acids is 2. The van der Waals surface area contributed by atoms with Crippen LogP contribution in [0.2, 0.25) is 0 Å². The van der Waals surface area contributed by atoms with E-state index < -0.39 is 0 Å². The zero-order chi connectivity index (χ0) is 22.3. The maximum Gasteiger partial charge on any atom is 0.255 e. The van der Waals surface area contributed by atoms with E-state index >= 15 is 0 Å². The van der Waals surface area contributed by atoms with Gasteiger partial charge in [0.1, 0.15) is 0 Å². The highest BCUT2D eigenvalue weighted by Crippen LogP contribution is 2.21. The van der Waals surface area contributed by atoms with Crippen molar-refractivity contribution in [2.75, 3.05) is 5.32 Å². The second-order valence-corrected chi connectivity index (χ2v) is 7.55. The first-order valence-electron chi connectivity index (χ1n) is 10.5. The van der Waals surface area contributed by atoms with E-state index in [4.69, 9.17) is 0 Å². The van der Waals surface area contributed by atoms with Crippen LogP contribution in [-0.4, -0.2) is 11.8 Å². The van der Waals surface area contributed by atoms with E-state index in [2.05, 4.69) is 10.6 Å². The Morgan fingerprint density at radius 3 is 1.88 bits per heavy atom. The van der Waals surface area contributed by atoms with Crippen molar-refractivity contribution in [3.8, 4) is 11.1 Å². The minimum atomic E-state index is -0.263. The summed E-state index contributed by atoms with van der Waals surface area (Å²) in [5, 5.41) is 5.88. The van der Waals surface area contributed by atoms with Crippen LogP contribution in [0.4, 0.5) is 5.69 Å². The lowest BCUT2D eigenvalue weighted by molar-refractivity contribution is 0.0941. The van der Waals surface area contributed by atoms with Crippen molar-refractivity contribution in [3.05, 3.63) is 126 Å². The number of hydrogen-bond acceptors (Lipinski definition) is 2. The predicted octanol–water partition coefficient (Wildman–Crippen LogP) is 6.10. The van der Waals surface area contributed by atoms with Crippen molar-refractivity contribution in [3.63, 3.8) is 0 Å². The Labute approximate surface area is 187 Å². The number of benzene rings is 4. The lowest BCUT2D eigenvalue weighted by Gasteiger charge is -2.16. The third kappa shape index (κ3) is 4.93. The van der Waals surface area contributed by atoms with Crippen LogP contribution in [0.1, 0.15) is 39.2 Å². The van der Waals surface area contributed by atoms with E-state index in [-0.39, 0.29) is 17.9 Å². The molecule has 4 rings (SSSR count). The molecule has 0 aliphatic heterocycles. The van der Waals surface area contributed by atoms with E-state index in [0.717, 1.165) is 16.7 Å². The van der Waals surface area contributed by atoms with Gasteiger partial charge in [-0.15, -0.1) is 0 Å². The molecule has 1 atom stereocenters. The quantitative estimate of drug-likeness (QED) is 0.396. The molecule has 0 fully saturated rings. The van der Waals surface area contributed by atoms with Crippen molar-refractivity contribution < 1.29 is 9.59 Å². The van der Waals surface area contributed by atoms with Crippen molar-refractivity contribution in [1.29, 1.82) is 0 Å². The van der Waals surface area contributed by atoms with Crippen LogP contribution in [0.3, 0.4) is 0 Å². The maximum atomic E-state index is 12.9. The number of hydrogen-bond donors (Lipinski definition) is 2. The van der Waals surface area contributed by atoms with Crippen LogP contribution in [0.5, 0.6) is 0 Å². The van der Waals surface area contributed by atoms with Crippen LogP contribution in [-0.2, 0) is 0 Å². The predicted molar refractivity (Wildman–Crippen MR) is 129 cm³/mol. The minimum Gasteiger partial charge on any atom is -0.345 e. The van der Waals surface area contributed by atoms with E-state index in [0.29, 0.717) is 16.8 Å². The molecular formula is C28H24N2O2. The van der Waals surface area contributed by atoms with Gasteiger partial charge in [0.25, 0.3) is 11.8 Å². The number of rotatable bonds is 6. The second kappa shape index (κ2) is 9.75. The van der Waals surface area contributed by atoms with Crippen molar-refractivity contribution in [1.82, 2.24) is 5.32 Å². The van der Waals surface area contributed by atoms with Gasteiger partial charge in [0.2, 0.25) is 0 Å². The molecule has 0 spiro atoms. The Hall–Kier alpha value is -4.18. The standard InChI is InChI=1S/C28H24N2O2/c1-20(21-10-4-2-5-11-21)29-28(32)25-14-8-9-15-26(25)30-27(31)24-18-16-23(17-19-24)22-12-6-3-7-13-22/h2-20H,1H3,(H,29,32)(H,30,31)/t20-/m1/s1. The Bertz CT molecular complexity index is 1200. The highest BCUT2D eigenvalue weighted by atomic mass is 16.2. The van der Waals surface area contributed by atoms with Gasteiger partial charge in [-0.05, 0) is 47.9 Å². The number of amides is 2. The summed E-state index contributed by atoms with van der Waals surface area (Å²) in [6, 6.07) is 34.0. The third-order valence-electron chi connectivity index (χ3n) is 5.32. The van der Waals surface area contributed by atoms with Gasteiger partial charge in [0.15, 0.2) is 0 Å². The van der Waals surface area contributed by atoms with Gasteiger partial charge in [-0.2, -0.15) is 0 Å². The Morgan fingerprint density at radius 1 is 0.625 bits per heavy atom. The first-order valence-corrected chi connectivity index (χ1v) is 10.5. The smallest absolute Gasteiger partial charge is 0.255 e. The molecule has 0 heterocycles. The van der Waals surface area contributed by atoms with E-state index in [9.17, 15) is 9.59 Å². The number of para-hydroxylation sites is 1. The summed E-state index contributed by atoms with van der Waals surface area (Å²) in [6.07, 6.45) is 0. The van der Waals surface area contributed by atoms with Gasteiger partial charge < -0.3 is 10.6 Å². The highest BCUT2D eigenvalue weighted by Gasteiger charge is 2.16. The number of carbonyl (C=O) groups is 2. The first-order chi connectivity index (χ1) is 15.6. The zero-order valence-corrected chi connectivity index (χ0v) is 17.8. The molecule has 0 aliphatic carbocycles. The van der Waals surface area contributed by atoms with Gasteiger partial charge in [0, 0.05) is 5.56 Å². The third-order valence-corrected chi connectivity index (χ3v) is 5.32. The molecular weight excluding hydrogens is 396 g/mol. The Morgan fingerprint density at radius 2 is 1.19 bits per heavy atom. The number of nitrogens with one attached hydrogen (secondary N) is 2. The molecule has 2 N–H and O–H groups in total. The molecule has 4 aromatic rings. The van der Waals surface area contributed by atoms with Crippen LogP contribution in [0.25, 0.3) is 11.1 Å². The highest BCUT2D eigenvalue weighted by molar-refractivity contribution is 6.09. The molecule has 0 saturated heterocycles. The van der Waals surface area contributed by atoms with Crippen LogP contribution < -0.4 is 10.6 Å². The molecule has 0 bridgehead atoms. The van der Waals surface area contributed by atoms with Gasteiger partial charge in [0.05, 0.1) is 17.3 Å². The average molecular weight is 421 g/mol. The van der Waals surface area contributed by atoms with Gasteiger partial charge in [-0.1, -0.05) is 84.9 Å². The van der Waals surface area contributed by atoms with Crippen molar-refractivity contribution >= 4 is 17.5 Å². The molecule has 158 valence electrons. The molecule has 0 aliphatic rings. The van der Waals surface area contributed by atoms with E-state index in [1.165, 1.54) is 0 Å².